The van der Waals surface area contributed by atoms with Gasteiger partial charge in [-0.2, -0.15) is 0 Å². The molecule has 1 aliphatic heterocycles. The summed E-state index contributed by atoms with van der Waals surface area (Å²) in [5.74, 6) is 0.910. The van der Waals surface area contributed by atoms with Gasteiger partial charge in [0.05, 0.1) is 0 Å². The minimum Gasteiger partial charge on any atom is -0.371 e. The standard InChI is InChI=1S/C19H29N7.HI/c1-20-19(21-11-5-6-12-25-15-22-23-16-25)24-17-9-13-26(14-10-17)18-7-3-2-4-8-18;/h2-4,7-8,15-17H,5-6,9-14H2,1H3,(H2,20,21,24);1H. The van der Waals surface area contributed by atoms with Crippen molar-refractivity contribution < 1.29 is 0 Å². The highest BCUT2D eigenvalue weighted by atomic mass is 127. The third kappa shape index (κ3) is 7.00. The SMILES string of the molecule is CN=C(NCCCCn1cnnc1)NC1CCN(c2ccccc2)CC1.I. The van der Waals surface area contributed by atoms with Crippen LogP contribution in [-0.2, 0) is 6.54 Å². The predicted octanol–water partition coefficient (Wildman–Crippen LogP) is 2.51. The highest BCUT2D eigenvalue weighted by Gasteiger charge is 2.19. The van der Waals surface area contributed by atoms with E-state index in [9.17, 15) is 0 Å². The zero-order chi connectivity index (χ0) is 18.0. The second-order valence-corrected chi connectivity index (χ2v) is 6.65. The van der Waals surface area contributed by atoms with Crippen LogP contribution in [0.5, 0.6) is 0 Å². The summed E-state index contributed by atoms with van der Waals surface area (Å²) in [6.07, 6.45) is 7.96. The van der Waals surface area contributed by atoms with Gasteiger partial charge in [-0.1, -0.05) is 18.2 Å². The number of piperidine rings is 1. The molecule has 1 fully saturated rings. The van der Waals surface area contributed by atoms with Gasteiger partial charge in [0.1, 0.15) is 12.7 Å². The topological polar surface area (TPSA) is 70.4 Å². The van der Waals surface area contributed by atoms with Crippen LogP contribution in [-0.4, -0.2) is 53.4 Å². The van der Waals surface area contributed by atoms with Gasteiger partial charge in [-0.25, -0.2) is 0 Å². The van der Waals surface area contributed by atoms with Crippen molar-refractivity contribution in [3.05, 3.63) is 43.0 Å². The largest absolute Gasteiger partial charge is 0.371 e. The number of hydrogen-bond donors (Lipinski definition) is 2. The number of guanidine groups is 1. The van der Waals surface area contributed by atoms with E-state index in [0.717, 1.165) is 57.8 Å². The molecule has 3 rings (SSSR count). The van der Waals surface area contributed by atoms with Crippen LogP contribution in [0.25, 0.3) is 0 Å². The van der Waals surface area contributed by atoms with E-state index in [-0.39, 0.29) is 24.0 Å². The second-order valence-electron chi connectivity index (χ2n) is 6.65. The summed E-state index contributed by atoms with van der Waals surface area (Å²) in [5, 5.41) is 14.6. The van der Waals surface area contributed by atoms with Gasteiger partial charge in [0.2, 0.25) is 0 Å². The number of nitrogens with zero attached hydrogens (tertiary/aromatic N) is 5. The first-order valence-electron chi connectivity index (χ1n) is 9.45. The molecule has 0 amide bonds. The molecule has 1 aliphatic rings. The molecule has 8 heteroatoms. The van der Waals surface area contributed by atoms with E-state index >= 15 is 0 Å². The first-order chi connectivity index (χ1) is 12.8. The maximum Gasteiger partial charge on any atom is 0.191 e. The number of benzene rings is 1. The number of hydrogen-bond acceptors (Lipinski definition) is 4. The Balaban J connectivity index is 0.00000261. The molecular weight excluding hydrogens is 453 g/mol. The van der Waals surface area contributed by atoms with E-state index in [1.807, 2.05) is 11.6 Å². The smallest absolute Gasteiger partial charge is 0.191 e. The van der Waals surface area contributed by atoms with E-state index in [0.29, 0.717) is 6.04 Å². The molecule has 7 nitrogen and oxygen atoms in total. The third-order valence-corrected chi connectivity index (χ3v) is 4.78. The molecule has 0 saturated carbocycles. The van der Waals surface area contributed by atoms with Crippen LogP contribution in [0.2, 0.25) is 0 Å². The summed E-state index contributed by atoms with van der Waals surface area (Å²) in [6, 6.07) is 11.1. The van der Waals surface area contributed by atoms with Crippen LogP contribution in [0.15, 0.2) is 48.0 Å². The monoisotopic (exact) mass is 483 g/mol. The van der Waals surface area contributed by atoms with E-state index in [4.69, 9.17) is 0 Å². The van der Waals surface area contributed by atoms with E-state index in [1.165, 1.54) is 5.69 Å². The lowest BCUT2D eigenvalue weighted by Gasteiger charge is -2.34. The van der Waals surface area contributed by atoms with Gasteiger partial charge in [0.25, 0.3) is 0 Å². The molecule has 148 valence electrons. The normalized spacial score (nSPS) is 15.3. The van der Waals surface area contributed by atoms with Gasteiger partial charge >= 0.3 is 0 Å². The fraction of sp³-hybridized carbons (Fsp3) is 0.526. The fourth-order valence-electron chi connectivity index (χ4n) is 3.27. The van der Waals surface area contributed by atoms with Gasteiger partial charge in [-0.15, -0.1) is 34.2 Å². The van der Waals surface area contributed by atoms with Crippen molar-refractivity contribution in [2.24, 2.45) is 4.99 Å². The zero-order valence-corrected chi connectivity index (χ0v) is 18.3. The molecule has 1 aromatic heterocycles. The maximum absolute atomic E-state index is 4.36. The van der Waals surface area contributed by atoms with Gasteiger partial charge in [0.15, 0.2) is 5.96 Å². The number of rotatable bonds is 7. The van der Waals surface area contributed by atoms with Crippen LogP contribution < -0.4 is 15.5 Å². The molecule has 0 unspecified atom stereocenters. The number of aryl methyl sites for hydroxylation is 1. The molecule has 0 aliphatic carbocycles. The Labute approximate surface area is 178 Å². The molecule has 0 spiro atoms. The number of nitrogens with one attached hydrogen (secondary N) is 2. The summed E-state index contributed by atoms with van der Waals surface area (Å²) in [6.45, 7) is 4.04. The average molecular weight is 483 g/mol. The summed E-state index contributed by atoms with van der Waals surface area (Å²) < 4.78 is 2.01. The molecule has 0 radical (unpaired) electrons. The van der Waals surface area contributed by atoms with Gasteiger partial charge in [-0.3, -0.25) is 4.99 Å². The van der Waals surface area contributed by atoms with Crippen LogP contribution >= 0.6 is 24.0 Å². The summed E-state index contributed by atoms with van der Waals surface area (Å²) in [5.41, 5.74) is 1.32. The molecule has 1 aromatic carbocycles. The Kier molecular flexibility index (Phi) is 9.37. The molecule has 2 N–H and O–H groups in total. The summed E-state index contributed by atoms with van der Waals surface area (Å²) in [4.78, 5) is 6.82. The van der Waals surface area contributed by atoms with Gasteiger partial charge in [0, 0.05) is 45.0 Å². The number of aliphatic imine (C=N–C) groups is 1. The van der Waals surface area contributed by atoms with Crippen molar-refractivity contribution >= 4 is 35.6 Å². The number of unbranched alkanes of at least 4 members (excludes halogenated alkanes) is 1. The van der Waals surface area contributed by atoms with Gasteiger partial charge in [-0.05, 0) is 37.8 Å². The summed E-state index contributed by atoms with van der Waals surface area (Å²) >= 11 is 0. The molecule has 2 aromatic rings. The predicted molar refractivity (Wildman–Crippen MR) is 121 cm³/mol. The molecule has 0 bridgehead atoms. The van der Waals surface area contributed by atoms with Crippen molar-refractivity contribution in [2.45, 2.75) is 38.3 Å². The van der Waals surface area contributed by atoms with Gasteiger partial charge < -0.3 is 20.1 Å². The van der Waals surface area contributed by atoms with Crippen LogP contribution in [0.3, 0.4) is 0 Å². The second kappa shape index (κ2) is 11.8. The highest BCUT2D eigenvalue weighted by molar-refractivity contribution is 14.0. The fourth-order valence-corrected chi connectivity index (χ4v) is 3.27. The molecular formula is C19H30IN7. The van der Waals surface area contributed by atoms with Crippen molar-refractivity contribution in [1.82, 2.24) is 25.4 Å². The zero-order valence-electron chi connectivity index (χ0n) is 15.9. The number of halogens is 1. The number of aromatic nitrogens is 3. The Bertz CT molecular complexity index is 652. The third-order valence-electron chi connectivity index (χ3n) is 4.78. The molecule has 1 saturated heterocycles. The summed E-state index contributed by atoms with van der Waals surface area (Å²) in [7, 11) is 1.84. The Hall–Kier alpha value is -1.84. The highest BCUT2D eigenvalue weighted by Crippen LogP contribution is 2.19. The molecule has 0 atom stereocenters. The minimum atomic E-state index is 0. The van der Waals surface area contributed by atoms with Crippen molar-refractivity contribution in [3.8, 4) is 0 Å². The van der Waals surface area contributed by atoms with Crippen molar-refractivity contribution in [2.75, 3.05) is 31.6 Å². The van der Waals surface area contributed by atoms with Crippen LogP contribution in [0.4, 0.5) is 5.69 Å². The maximum atomic E-state index is 4.36. The quantitative estimate of drug-likeness (QED) is 0.274. The lowest BCUT2D eigenvalue weighted by Crippen LogP contribution is -2.48. The molecule has 2 heterocycles. The van der Waals surface area contributed by atoms with Crippen molar-refractivity contribution in [3.63, 3.8) is 0 Å². The lowest BCUT2D eigenvalue weighted by molar-refractivity contribution is 0.461. The number of para-hydroxylation sites is 1. The average Bonchev–Trinajstić information content (AvgIpc) is 3.21. The van der Waals surface area contributed by atoms with E-state index < -0.39 is 0 Å². The first kappa shape index (κ1) is 21.5. The Morgan fingerprint density at radius 1 is 1.11 bits per heavy atom. The number of anilines is 1. The van der Waals surface area contributed by atoms with Crippen LogP contribution in [0, 0.1) is 0 Å². The van der Waals surface area contributed by atoms with E-state index in [2.05, 4.69) is 61.1 Å². The van der Waals surface area contributed by atoms with Crippen molar-refractivity contribution in [1.29, 1.82) is 0 Å². The van der Waals surface area contributed by atoms with E-state index in [1.54, 1.807) is 12.7 Å². The lowest BCUT2D eigenvalue weighted by atomic mass is 10.0. The Morgan fingerprint density at radius 2 is 1.81 bits per heavy atom. The molecule has 27 heavy (non-hydrogen) atoms. The first-order valence-corrected chi connectivity index (χ1v) is 9.45. The minimum absolute atomic E-state index is 0. The Morgan fingerprint density at radius 3 is 2.48 bits per heavy atom. The van der Waals surface area contributed by atoms with Crippen LogP contribution in [0.1, 0.15) is 25.7 Å².